The van der Waals surface area contributed by atoms with Gasteiger partial charge in [-0.15, -0.1) is 0 Å². The fraction of sp³-hybridized carbons (Fsp3) is 0.588. The molecule has 0 unspecified atom stereocenters. The number of methoxy groups -OCH3 is 1. The summed E-state index contributed by atoms with van der Waals surface area (Å²) in [6.07, 6.45) is 0.508. The molecule has 22 heavy (non-hydrogen) atoms. The molecule has 1 aromatic carbocycles. The molecule has 0 radical (unpaired) electrons. The molecule has 1 aliphatic heterocycles. The van der Waals surface area contributed by atoms with Crippen molar-refractivity contribution in [1.82, 2.24) is 4.90 Å². The number of hydrogen-bond donors (Lipinski definition) is 1. The molecule has 1 fully saturated rings. The predicted molar refractivity (Wildman–Crippen MR) is 86.1 cm³/mol. The number of amides is 1. The van der Waals surface area contributed by atoms with E-state index in [1.165, 1.54) is 0 Å². The summed E-state index contributed by atoms with van der Waals surface area (Å²) < 4.78 is 10.6. The second kappa shape index (κ2) is 6.57. The number of ether oxygens (including phenoxy) is 2. The zero-order chi connectivity index (χ0) is 16.3. The van der Waals surface area contributed by atoms with Crippen LogP contribution in [0.4, 0.5) is 4.79 Å². The van der Waals surface area contributed by atoms with Gasteiger partial charge in [0.2, 0.25) is 0 Å². The lowest BCUT2D eigenvalue weighted by molar-refractivity contribution is 0.0186. The van der Waals surface area contributed by atoms with Crippen molar-refractivity contribution in [3.63, 3.8) is 0 Å². The van der Waals surface area contributed by atoms with Gasteiger partial charge in [0.05, 0.1) is 7.11 Å². The Hall–Kier alpha value is -1.75. The van der Waals surface area contributed by atoms with E-state index in [2.05, 4.69) is 0 Å². The molecule has 0 aliphatic carbocycles. The first-order valence-electron chi connectivity index (χ1n) is 7.67. The molecule has 1 aromatic rings. The van der Waals surface area contributed by atoms with Crippen molar-refractivity contribution in [3.8, 4) is 5.75 Å². The number of piperidine rings is 1. The highest BCUT2D eigenvalue weighted by Gasteiger charge is 2.32. The van der Waals surface area contributed by atoms with Gasteiger partial charge in [0.15, 0.2) is 0 Å². The van der Waals surface area contributed by atoms with Crippen molar-refractivity contribution in [1.29, 1.82) is 0 Å². The Morgan fingerprint density at radius 1 is 1.27 bits per heavy atom. The summed E-state index contributed by atoms with van der Waals surface area (Å²) in [5.74, 6) is 0.935. The van der Waals surface area contributed by atoms with Gasteiger partial charge in [-0.25, -0.2) is 4.79 Å². The van der Waals surface area contributed by atoms with Crippen molar-refractivity contribution >= 4 is 6.09 Å². The number of carbonyl (C=O) groups is 1. The number of carbonyl (C=O) groups excluding carboxylic acids is 1. The number of nitrogens with zero attached hydrogens (tertiary/aromatic N) is 1. The Morgan fingerprint density at radius 2 is 1.91 bits per heavy atom. The van der Waals surface area contributed by atoms with Gasteiger partial charge in [0, 0.05) is 25.0 Å². The average Bonchev–Trinajstić information content (AvgIpc) is 2.46. The lowest BCUT2D eigenvalue weighted by Gasteiger charge is -2.37. The fourth-order valence-corrected chi connectivity index (χ4v) is 2.67. The lowest BCUT2D eigenvalue weighted by Crippen LogP contribution is -2.49. The van der Waals surface area contributed by atoms with E-state index in [0.717, 1.165) is 17.7 Å². The van der Waals surface area contributed by atoms with E-state index in [1.54, 1.807) is 12.0 Å². The maximum absolute atomic E-state index is 12.2. The zero-order valence-corrected chi connectivity index (χ0v) is 13.8. The first-order valence-corrected chi connectivity index (χ1v) is 7.67. The molecule has 1 aliphatic rings. The summed E-state index contributed by atoms with van der Waals surface area (Å²) in [5, 5.41) is 0. The average molecular weight is 306 g/mol. The Balaban J connectivity index is 2.08. The van der Waals surface area contributed by atoms with Gasteiger partial charge >= 0.3 is 6.09 Å². The molecular formula is C17H26N2O3. The van der Waals surface area contributed by atoms with Gasteiger partial charge < -0.3 is 20.1 Å². The van der Waals surface area contributed by atoms with E-state index in [1.807, 2.05) is 45.0 Å². The molecule has 1 saturated heterocycles. The Bertz CT molecular complexity index is 508. The zero-order valence-electron chi connectivity index (χ0n) is 13.8. The highest BCUT2D eigenvalue weighted by molar-refractivity contribution is 5.68. The summed E-state index contributed by atoms with van der Waals surface area (Å²) in [5.41, 5.74) is 6.91. The minimum Gasteiger partial charge on any atom is -0.497 e. The van der Waals surface area contributed by atoms with Crippen LogP contribution in [0.5, 0.6) is 5.75 Å². The van der Waals surface area contributed by atoms with Crippen LogP contribution in [0.25, 0.3) is 0 Å². The predicted octanol–water partition coefficient (Wildman–Crippen LogP) is 2.75. The topological polar surface area (TPSA) is 64.8 Å². The molecule has 2 N–H and O–H groups in total. The SMILES string of the molecule is COc1ccc([C@@H]2CN(C(=O)OC(C)(C)C)CC[C@@H]2N)cc1. The van der Waals surface area contributed by atoms with Gasteiger partial charge in [0.1, 0.15) is 11.4 Å². The molecule has 0 aromatic heterocycles. The van der Waals surface area contributed by atoms with Crippen LogP contribution in [-0.2, 0) is 4.74 Å². The van der Waals surface area contributed by atoms with E-state index >= 15 is 0 Å². The Morgan fingerprint density at radius 3 is 2.45 bits per heavy atom. The fourth-order valence-electron chi connectivity index (χ4n) is 2.67. The van der Waals surface area contributed by atoms with E-state index in [9.17, 15) is 4.79 Å². The van der Waals surface area contributed by atoms with E-state index in [0.29, 0.717) is 13.1 Å². The van der Waals surface area contributed by atoms with Gasteiger partial charge in [-0.2, -0.15) is 0 Å². The summed E-state index contributed by atoms with van der Waals surface area (Å²) in [6, 6.07) is 7.93. The lowest BCUT2D eigenvalue weighted by atomic mass is 9.86. The minimum absolute atomic E-state index is 0.0482. The van der Waals surface area contributed by atoms with E-state index < -0.39 is 5.60 Å². The molecule has 2 rings (SSSR count). The summed E-state index contributed by atoms with van der Waals surface area (Å²) >= 11 is 0. The molecule has 122 valence electrons. The van der Waals surface area contributed by atoms with Crippen LogP contribution >= 0.6 is 0 Å². The second-order valence-corrected chi connectivity index (χ2v) is 6.76. The molecule has 5 nitrogen and oxygen atoms in total. The number of hydrogen-bond acceptors (Lipinski definition) is 4. The standard InChI is InChI=1S/C17H26N2O3/c1-17(2,3)22-16(20)19-10-9-15(18)14(11-19)12-5-7-13(21-4)8-6-12/h5-8,14-15H,9-11,18H2,1-4H3/t14-,15-/m0/s1. The van der Waals surface area contributed by atoms with Crippen molar-refractivity contribution < 1.29 is 14.3 Å². The first-order chi connectivity index (χ1) is 10.3. The Kier molecular flexibility index (Phi) is 4.96. The van der Waals surface area contributed by atoms with Crippen LogP contribution in [0.15, 0.2) is 24.3 Å². The van der Waals surface area contributed by atoms with Gasteiger partial charge in [-0.1, -0.05) is 12.1 Å². The molecule has 0 bridgehead atoms. The quantitative estimate of drug-likeness (QED) is 0.912. The molecule has 1 heterocycles. The van der Waals surface area contributed by atoms with Crippen LogP contribution in [0, 0.1) is 0 Å². The highest BCUT2D eigenvalue weighted by atomic mass is 16.6. The summed E-state index contributed by atoms with van der Waals surface area (Å²) in [4.78, 5) is 14.0. The van der Waals surface area contributed by atoms with E-state index in [4.69, 9.17) is 15.2 Å². The second-order valence-electron chi connectivity index (χ2n) is 6.76. The molecule has 2 atom stereocenters. The normalized spacial score (nSPS) is 22.3. The van der Waals surface area contributed by atoms with Crippen LogP contribution in [0.1, 0.15) is 38.7 Å². The van der Waals surface area contributed by atoms with Crippen molar-refractivity contribution in [2.75, 3.05) is 20.2 Å². The highest BCUT2D eigenvalue weighted by Crippen LogP contribution is 2.28. The number of rotatable bonds is 2. The molecule has 5 heteroatoms. The molecular weight excluding hydrogens is 280 g/mol. The van der Waals surface area contributed by atoms with Gasteiger partial charge in [0.25, 0.3) is 0 Å². The number of nitrogens with two attached hydrogens (primary N) is 1. The smallest absolute Gasteiger partial charge is 0.410 e. The van der Waals surface area contributed by atoms with E-state index in [-0.39, 0.29) is 18.1 Å². The van der Waals surface area contributed by atoms with Crippen molar-refractivity contribution in [3.05, 3.63) is 29.8 Å². The van der Waals surface area contributed by atoms with Crippen LogP contribution in [0.3, 0.4) is 0 Å². The monoisotopic (exact) mass is 306 g/mol. The number of likely N-dealkylation sites (tertiary alicyclic amines) is 1. The molecule has 1 amide bonds. The van der Waals surface area contributed by atoms with Crippen LogP contribution in [0.2, 0.25) is 0 Å². The third-order valence-electron chi connectivity index (χ3n) is 3.86. The van der Waals surface area contributed by atoms with Crippen molar-refractivity contribution in [2.24, 2.45) is 5.73 Å². The third kappa shape index (κ3) is 4.13. The maximum Gasteiger partial charge on any atom is 0.410 e. The largest absolute Gasteiger partial charge is 0.497 e. The van der Waals surface area contributed by atoms with Crippen LogP contribution < -0.4 is 10.5 Å². The summed E-state index contributed by atoms with van der Waals surface area (Å²) in [7, 11) is 1.64. The molecule has 0 saturated carbocycles. The van der Waals surface area contributed by atoms with Gasteiger partial charge in [-0.05, 0) is 44.9 Å². The summed E-state index contributed by atoms with van der Waals surface area (Å²) in [6.45, 7) is 6.86. The minimum atomic E-state index is -0.480. The maximum atomic E-state index is 12.2. The molecule has 0 spiro atoms. The van der Waals surface area contributed by atoms with Gasteiger partial charge in [-0.3, -0.25) is 0 Å². The van der Waals surface area contributed by atoms with Crippen molar-refractivity contribution in [2.45, 2.75) is 44.8 Å². The number of benzene rings is 1. The third-order valence-corrected chi connectivity index (χ3v) is 3.86. The Labute approximate surface area is 132 Å². The van der Waals surface area contributed by atoms with Crippen LogP contribution in [-0.4, -0.2) is 42.8 Å². The first kappa shape index (κ1) is 16.6.